The standard InChI is InChI=1S/C10H16N2O4/c1-2-3-4-5-6-9(11-7-13)10(15,16)12-8-14/h9,15-16H,2-6H2,1H3. The van der Waals surface area contributed by atoms with Crippen molar-refractivity contribution in [1.82, 2.24) is 0 Å². The highest BCUT2D eigenvalue weighted by atomic mass is 16.5. The van der Waals surface area contributed by atoms with Crippen molar-refractivity contribution in [3.05, 3.63) is 0 Å². The topological polar surface area (TPSA) is 99.3 Å². The first-order valence-corrected chi connectivity index (χ1v) is 5.19. The molecule has 1 unspecified atom stereocenters. The molecule has 0 aromatic rings. The average molecular weight is 228 g/mol. The first-order valence-electron chi connectivity index (χ1n) is 5.19. The predicted octanol–water partition coefficient (Wildman–Crippen LogP) is 0.635. The van der Waals surface area contributed by atoms with Crippen molar-refractivity contribution < 1.29 is 19.8 Å². The highest BCUT2D eigenvalue weighted by Gasteiger charge is 2.34. The second-order valence-electron chi connectivity index (χ2n) is 3.48. The maximum atomic E-state index is 10.1. The van der Waals surface area contributed by atoms with Crippen molar-refractivity contribution >= 4 is 12.2 Å². The van der Waals surface area contributed by atoms with Crippen LogP contribution in [0.4, 0.5) is 0 Å². The van der Waals surface area contributed by atoms with Gasteiger partial charge in [0.1, 0.15) is 6.04 Å². The summed E-state index contributed by atoms with van der Waals surface area (Å²) in [6.45, 7) is 2.04. The number of aliphatic hydroxyl groups is 2. The van der Waals surface area contributed by atoms with Crippen LogP contribution >= 0.6 is 0 Å². The van der Waals surface area contributed by atoms with E-state index in [0.29, 0.717) is 6.42 Å². The van der Waals surface area contributed by atoms with Gasteiger partial charge in [-0.15, -0.1) is 4.99 Å². The highest BCUT2D eigenvalue weighted by molar-refractivity contribution is 5.36. The summed E-state index contributed by atoms with van der Waals surface area (Å²) < 4.78 is 0. The zero-order valence-corrected chi connectivity index (χ0v) is 9.22. The minimum Gasteiger partial charge on any atom is -0.345 e. The SMILES string of the molecule is CCCCCCC(N=C=O)C(O)(O)N=C=O. The van der Waals surface area contributed by atoms with Gasteiger partial charge < -0.3 is 10.2 Å². The van der Waals surface area contributed by atoms with Crippen LogP contribution in [-0.2, 0) is 9.59 Å². The summed E-state index contributed by atoms with van der Waals surface area (Å²) in [7, 11) is 0. The number of aliphatic imine (C=N–C) groups is 2. The third-order valence-electron chi connectivity index (χ3n) is 2.20. The lowest BCUT2D eigenvalue weighted by atomic mass is 10.1. The third kappa shape index (κ3) is 5.53. The summed E-state index contributed by atoms with van der Waals surface area (Å²) in [4.78, 5) is 26.1. The van der Waals surface area contributed by atoms with Gasteiger partial charge in [-0.2, -0.15) is 4.99 Å². The van der Waals surface area contributed by atoms with Crippen LogP contribution in [0.5, 0.6) is 0 Å². The number of rotatable bonds is 8. The Labute approximate surface area is 93.7 Å². The predicted molar refractivity (Wildman–Crippen MR) is 56.0 cm³/mol. The van der Waals surface area contributed by atoms with Crippen LogP contribution in [0.15, 0.2) is 9.98 Å². The van der Waals surface area contributed by atoms with Crippen molar-refractivity contribution in [2.24, 2.45) is 9.98 Å². The fraction of sp³-hybridized carbons (Fsp3) is 0.800. The molecular weight excluding hydrogens is 212 g/mol. The molecule has 0 heterocycles. The number of carbonyl (C=O) groups excluding carboxylic acids is 2. The maximum Gasteiger partial charge on any atom is 0.299 e. The largest absolute Gasteiger partial charge is 0.345 e. The molecule has 6 heteroatoms. The Morgan fingerprint density at radius 3 is 2.38 bits per heavy atom. The highest BCUT2D eigenvalue weighted by Crippen LogP contribution is 2.18. The van der Waals surface area contributed by atoms with E-state index in [0.717, 1.165) is 25.3 Å². The average Bonchev–Trinajstić information content (AvgIpc) is 2.22. The fourth-order valence-corrected chi connectivity index (χ4v) is 1.31. The molecule has 0 saturated heterocycles. The van der Waals surface area contributed by atoms with Gasteiger partial charge in [-0.3, -0.25) is 0 Å². The van der Waals surface area contributed by atoms with E-state index in [1.807, 2.05) is 6.92 Å². The lowest BCUT2D eigenvalue weighted by molar-refractivity contribution is -0.169. The minimum absolute atomic E-state index is 0.257. The Balaban J connectivity index is 4.37. The molecule has 1 atom stereocenters. The fourth-order valence-electron chi connectivity index (χ4n) is 1.31. The van der Waals surface area contributed by atoms with Gasteiger partial charge in [0.15, 0.2) is 0 Å². The van der Waals surface area contributed by atoms with E-state index in [2.05, 4.69) is 9.98 Å². The van der Waals surface area contributed by atoms with Gasteiger partial charge in [-0.1, -0.05) is 32.6 Å². The molecule has 0 rings (SSSR count). The molecule has 0 spiro atoms. The van der Waals surface area contributed by atoms with Gasteiger partial charge >= 0.3 is 0 Å². The molecule has 0 aromatic heterocycles. The van der Waals surface area contributed by atoms with Gasteiger partial charge in [-0.05, 0) is 6.42 Å². The second kappa shape index (κ2) is 7.91. The van der Waals surface area contributed by atoms with Crippen molar-refractivity contribution in [3.8, 4) is 0 Å². The zero-order chi connectivity index (χ0) is 12.4. The molecule has 0 radical (unpaired) electrons. The van der Waals surface area contributed by atoms with E-state index in [4.69, 9.17) is 0 Å². The monoisotopic (exact) mass is 228 g/mol. The summed E-state index contributed by atoms with van der Waals surface area (Å²) in [5.41, 5.74) is 0. The second-order valence-corrected chi connectivity index (χ2v) is 3.48. The molecule has 0 saturated carbocycles. The van der Waals surface area contributed by atoms with Crippen LogP contribution in [0.1, 0.15) is 39.0 Å². The molecule has 2 N–H and O–H groups in total. The van der Waals surface area contributed by atoms with Crippen molar-refractivity contribution in [2.75, 3.05) is 0 Å². The minimum atomic E-state index is -2.66. The number of nitrogens with zero attached hydrogens (tertiary/aromatic N) is 2. The molecule has 6 nitrogen and oxygen atoms in total. The number of unbranched alkanes of at least 4 members (excludes halogenated alkanes) is 3. The van der Waals surface area contributed by atoms with Crippen molar-refractivity contribution in [3.63, 3.8) is 0 Å². The zero-order valence-electron chi connectivity index (χ0n) is 9.22. The normalized spacial score (nSPS) is 12.4. The van der Waals surface area contributed by atoms with Crippen LogP contribution in [-0.4, -0.2) is 34.3 Å². The lowest BCUT2D eigenvalue weighted by Crippen LogP contribution is -2.39. The van der Waals surface area contributed by atoms with Gasteiger partial charge in [0.05, 0.1) is 0 Å². The quantitative estimate of drug-likeness (QED) is 0.275. The van der Waals surface area contributed by atoms with Gasteiger partial charge in [0.25, 0.3) is 5.91 Å². The Kier molecular flexibility index (Phi) is 7.25. The smallest absolute Gasteiger partial charge is 0.299 e. The van der Waals surface area contributed by atoms with Crippen LogP contribution in [0, 0.1) is 0 Å². The lowest BCUT2D eigenvalue weighted by Gasteiger charge is -2.21. The Morgan fingerprint density at radius 1 is 1.19 bits per heavy atom. The number of hydrogen-bond donors (Lipinski definition) is 2. The molecule has 90 valence electrons. The van der Waals surface area contributed by atoms with Gasteiger partial charge in [0.2, 0.25) is 12.2 Å². The number of hydrogen-bond acceptors (Lipinski definition) is 6. The molecule has 0 aliphatic carbocycles. The van der Waals surface area contributed by atoms with E-state index in [1.165, 1.54) is 6.08 Å². The summed E-state index contributed by atoms with van der Waals surface area (Å²) in [5, 5.41) is 18.6. The Bertz CT molecular complexity index is 291. The van der Waals surface area contributed by atoms with E-state index >= 15 is 0 Å². The van der Waals surface area contributed by atoms with Crippen LogP contribution in [0.25, 0.3) is 0 Å². The molecule has 0 aromatic carbocycles. The first kappa shape index (κ1) is 14.7. The first-order chi connectivity index (χ1) is 7.58. The summed E-state index contributed by atoms with van der Waals surface area (Å²) in [5.74, 6) is -2.66. The molecule has 0 aliphatic rings. The summed E-state index contributed by atoms with van der Waals surface area (Å²) in [6.07, 6.45) is 6.14. The van der Waals surface area contributed by atoms with Crippen molar-refractivity contribution in [1.29, 1.82) is 0 Å². The van der Waals surface area contributed by atoms with Crippen LogP contribution in [0.2, 0.25) is 0 Å². The van der Waals surface area contributed by atoms with Gasteiger partial charge in [-0.25, -0.2) is 9.59 Å². The van der Waals surface area contributed by atoms with E-state index < -0.39 is 12.0 Å². The summed E-state index contributed by atoms with van der Waals surface area (Å²) in [6, 6.07) is -1.16. The van der Waals surface area contributed by atoms with E-state index in [1.54, 1.807) is 0 Å². The molecule has 16 heavy (non-hydrogen) atoms. The van der Waals surface area contributed by atoms with Crippen LogP contribution in [0.3, 0.4) is 0 Å². The number of isocyanates is 2. The molecule has 0 fully saturated rings. The molecule has 0 aliphatic heterocycles. The van der Waals surface area contributed by atoms with E-state index in [9.17, 15) is 19.8 Å². The molecule has 0 bridgehead atoms. The van der Waals surface area contributed by atoms with Crippen molar-refractivity contribution in [2.45, 2.75) is 51.0 Å². The third-order valence-corrected chi connectivity index (χ3v) is 2.20. The van der Waals surface area contributed by atoms with Crippen LogP contribution < -0.4 is 0 Å². The Morgan fingerprint density at radius 2 is 1.88 bits per heavy atom. The molecule has 0 amide bonds. The van der Waals surface area contributed by atoms with E-state index in [-0.39, 0.29) is 6.42 Å². The Hall–Kier alpha value is -1.32. The van der Waals surface area contributed by atoms with Gasteiger partial charge in [0, 0.05) is 0 Å². The molecular formula is C10H16N2O4. The maximum absolute atomic E-state index is 10.1. The summed E-state index contributed by atoms with van der Waals surface area (Å²) >= 11 is 0.